The molecule has 0 bridgehead atoms. The van der Waals surface area contributed by atoms with Crippen LogP contribution >= 0.6 is 11.3 Å². The first-order chi connectivity index (χ1) is 18.7. The first-order valence-corrected chi connectivity index (χ1v) is 13.8. The van der Waals surface area contributed by atoms with E-state index in [2.05, 4.69) is 23.2 Å². The number of benzene rings is 3. The molecular weight excluding hydrogens is 498 g/mol. The van der Waals surface area contributed by atoms with Crippen molar-refractivity contribution in [2.75, 3.05) is 26.9 Å². The van der Waals surface area contributed by atoms with Gasteiger partial charge in [-0.15, -0.1) is 11.3 Å². The average molecular weight is 528 g/mol. The van der Waals surface area contributed by atoms with Crippen LogP contribution in [0.25, 0.3) is 20.8 Å². The summed E-state index contributed by atoms with van der Waals surface area (Å²) in [5, 5.41) is 1.01. The fourth-order valence-corrected chi connectivity index (χ4v) is 5.86. The number of para-hydroxylation sites is 1. The Kier molecular flexibility index (Phi) is 6.96. The van der Waals surface area contributed by atoms with E-state index < -0.39 is 0 Å². The maximum absolute atomic E-state index is 13.0. The number of ether oxygens (including phenoxy) is 3. The van der Waals surface area contributed by atoms with E-state index in [0.717, 1.165) is 54.1 Å². The Labute approximate surface area is 225 Å². The lowest BCUT2D eigenvalue weighted by molar-refractivity contribution is 0.0774. The van der Waals surface area contributed by atoms with Crippen molar-refractivity contribution in [3.05, 3.63) is 66.2 Å². The SMILES string of the molecule is COc1cc2c(cc1OCCCCOc1ccc(-c3nc4ccccc4s3)cc1)N=C[C@@H]1CCCN1C2=O. The van der Waals surface area contributed by atoms with Crippen molar-refractivity contribution >= 4 is 39.4 Å². The van der Waals surface area contributed by atoms with E-state index in [4.69, 9.17) is 19.2 Å². The number of amides is 1. The number of hydrogen-bond donors (Lipinski definition) is 0. The molecule has 0 N–H and O–H groups in total. The van der Waals surface area contributed by atoms with Crippen molar-refractivity contribution in [3.63, 3.8) is 0 Å². The van der Waals surface area contributed by atoms with Crippen molar-refractivity contribution in [1.82, 2.24) is 9.88 Å². The Balaban J connectivity index is 1.00. The number of unbranched alkanes of at least 4 members (excludes halogenated alkanes) is 1. The minimum atomic E-state index is 0.00936. The molecule has 3 aromatic carbocycles. The number of aliphatic imine (C=N–C) groups is 1. The Morgan fingerprint density at radius 2 is 1.82 bits per heavy atom. The molecule has 2 aliphatic heterocycles. The Hall–Kier alpha value is -3.91. The van der Waals surface area contributed by atoms with Crippen molar-refractivity contribution < 1.29 is 19.0 Å². The number of carbonyl (C=O) groups is 1. The quantitative estimate of drug-likeness (QED) is 0.231. The summed E-state index contributed by atoms with van der Waals surface area (Å²) in [7, 11) is 1.59. The Morgan fingerprint density at radius 3 is 2.63 bits per heavy atom. The molecule has 1 atom stereocenters. The molecule has 2 aliphatic rings. The van der Waals surface area contributed by atoms with E-state index in [1.807, 2.05) is 47.5 Å². The zero-order valence-corrected chi connectivity index (χ0v) is 22.1. The van der Waals surface area contributed by atoms with E-state index >= 15 is 0 Å². The molecule has 4 aromatic rings. The van der Waals surface area contributed by atoms with E-state index in [9.17, 15) is 4.79 Å². The van der Waals surface area contributed by atoms with Crippen LogP contribution < -0.4 is 14.2 Å². The lowest BCUT2D eigenvalue weighted by Gasteiger charge is -2.20. The van der Waals surface area contributed by atoms with Crippen LogP contribution in [0.5, 0.6) is 17.2 Å². The van der Waals surface area contributed by atoms with Crippen molar-refractivity contribution in [3.8, 4) is 27.8 Å². The van der Waals surface area contributed by atoms with Gasteiger partial charge in [0.15, 0.2) is 11.5 Å². The second-order valence-corrected chi connectivity index (χ2v) is 10.5. The van der Waals surface area contributed by atoms with Crippen molar-refractivity contribution in [1.29, 1.82) is 0 Å². The maximum Gasteiger partial charge on any atom is 0.256 e. The minimum absolute atomic E-state index is 0.00936. The lowest BCUT2D eigenvalue weighted by Crippen LogP contribution is -2.35. The molecule has 8 heteroatoms. The van der Waals surface area contributed by atoms with Gasteiger partial charge in [-0.05, 0) is 68.1 Å². The summed E-state index contributed by atoms with van der Waals surface area (Å²) in [4.78, 5) is 24.2. The lowest BCUT2D eigenvalue weighted by atomic mass is 10.1. The summed E-state index contributed by atoms with van der Waals surface area (Å²) < 4.78 is 18.7. The van der Waals surface area contributed by atoms with Crippen LogP contribution in [0, 0.1) is 0 Å². The molecule has 1 saturated heterocycles. The van der Waals surface area contributed by atoms with Gasteiger partial charge in [-0.25, -0.2) is 4.98 Å². The second-order valence-electron chi connectivity index (χ2n) is 9.42. The molecule has 194 valence electrons. The normalized spacial score (nSPS) is 16.3. The number of aromatic nitrogens is 1. The highest BCUT2D eigenvalue weighted by atomic mass is 32.1. The number of carbonyl (C=O) groups excluding carboxylic acids is 1. The van der Waals surface area contributed by atoms with Gasteiger partial charge < -0.3 is 19.1 Å². The fourth-order valence-electron chi connectivity index (χ4n) is 4.89. The molecule has 6 rings (SSSR count). The highest BCUT2D eigenvalue weighted by molar-refractivity contribution is 7.21. The standard InChI is InChI=1S/C30H29N3O4S/c1-35-26-17-23-25(31-19-21-7-6-14-33(21)30(23)34)18-27(26)37-16-5-4-15-36-22-12-10-20(11-13-22)29-32-24-8-2-3-9-28(24)38-29/h2-3,8-13,17-19,21H,4-7,14-16H2,1H3/t21-/m0/s1. The number of rotatable bonds is 9. The van der Waals surface area contributed by atoms with Crippen molar-refractivity contribution in [2.45, 2.75) is 31.7 Å². The molecule has 0 aliphatic carbocycles. The summed E-state index contributed by atoms with van der Waals surface area (Å²) in [5.41, 5.74) is 3.32. The van der Waals surface area contributed by atoms with Gasteiger partial charge in [-0.2, -0.15) is 0 Å². The van der Waals surface area contributed by atoms with Crippen LogP contribution in [0.1, 0.15) is 36.0 Å². The molecule has 38 heavy (non-hydrogen) atoms. The summed E-state index contributed by atoms with van der Waals surface area (Å²) in [5.74, 6) is 2.00. The monoisotopic (exact) mass is 527 g/mol. The largest absolute Gasteiger partial charge is 0.494 e. The number of hydrogen-bond acceptors (Lipinski definition) is 7. The van der Waals surface area contributed by atoms with E-state index in [0.29, 0.717) is 36.0 Å². The Bertz CT molecular complexity index is 1450. The molecule has 7 nitrogen and oxygen atoms in total. The predicted molar refractivity (Wildman–Crippen MR) is 150 cm³/mol. The van der Waals surface area contributed by atoms with Gasteiger partial charge in [0, 0.05) is 24.4 Å². The first kappa shape index (κ1) is 24.4. The second kappa shape index (κ2) is 10.8. The molecule has 0 unspecified atom stereocenters. The molecule has 0 radical (unpaired) electrons. The zero-order valence-electron chi connectivity index (χ0n) is 21.3. The van der Waals surface area contributed by atoms with E-state index in [1.165, 1.54) is 4.70 Å². The van der Waals surface area contributed by atoms with Gasteiger partial charge in [-0.1, -0.05) is 12.1 Å². The van der Waals surface area contributed by atoms with Gasteiger partial charge in [0.25, 0.3) is 5.91 Å². The third-order valence-electron chi connectivity index (χ3n) is 6.92. The van der Waals surface area contributed by atoms with Crippen LogP contribution in [0.2, 0.25) is 0 Å². The first-order valence-electron chi connectivity index (χ1n) is 13.0. The predicted octanol–water partition coefficient (Wildman–Crippen LogP) is 6.53. The fraction of sp³-hybridized carbons (Fsp3) is 0.300. The van der Waals surface area contributed by atoms with Crippen LogP contribution in [0.3, 0.4) is 0 Å². The summed E-state index contributed by atoms with van der Waals surface area (Å²) in [6.45, 7) is 1.88. The van der Waals surface area contributed by atoms with Crippen molar-refractivity contribution in [2.24, 2.45) is 4.99 Å². The maximum atomic E-state index is 13.0. The average Bonchev–Trinajstić information content (AvgIpc) is 3.58. The molecule has 0 saturated carbocycles. The van der Waals surface area contributed by atoms with Gasteiger partial charge in [0.2, 0.25) is 0 Å². The van der Waals surface area contributed by atoms with Gasteiger partial charge in [0.05, 0.1) is 47.8 Å². The molecule has 0 spiro atoms. The highest BCUT2D eigenvalue weighted by Crippen LogP contribution is 2.38. The third kappa shape index (κ3) is 4.96. The molecule has 3 heterocycles. The number of fused-ring (bicyclic) bond motifs is 3. The smallest absolute Gasteiger partial charge is 0.256 e. The summed E-state index contributed by atoms with van der Waals surface area (Å²) in [6, 6.07) is 19.9. The zero-order chi connectivity index (χ0) is 25.9. The van der Waals surface area contributed by atoms with Crippen LogP contribution in [-0.4, -0.2) is 54.9 Å². The molecule has 1 aromatic heterocycles. The summed E-state index contributed by atoms with van der Waals surface area (Å²) >= 11 is 1.70. The van der Waals surface area contributed by atoms with Gasteiger partial charge in [0.1, 0.15) is 10.8 Å². The van der Waals surface area contributed by atoms with E-state index in [1.54, 1.807) is 24.5 Å². The number of thiazole rings is 1. The number of methoxy groups -OCH3 is 1. The summed E-state index contributed by atoms with van der Waals surface area (Å²) in [6.07, 6.45) is 5.52. The molecule has 1 amide bonds. The highest BCUT2D eigenvalue weighted by Gasteiger charge is 2.32. The third-order valence-corrected chi connectivity index (χ3v) is 8.00. The minimum Gasteiger partial charge on any atom is -0.494 e. The topological polar surface area (TPSA) is 73.2 Å². The van der Waals surface area contributed by atoms with E-state index in [-0.39, 0.29) is 11.9 Å². The Morgan fingerprint density at radius 1 is 1.00 bits per heavy atom. The van der Waals surface area contributed by atoms with Gasteiger partial charge in [-0.3, -0.25) is 9.79 Å². The molecular formula is C30H29N3O4S. The number of nitrogens with zero attached hydrogens (tertiary/aromatic N) is 3. The molecule has 1 fully saturated rings. The van der Waals surface area contributed by atoms with Gasteiger partial charge >= 0.3 is 0 Å². The van der Waals surface area contributed by atoms with Crippen LogP contribution in [0.15, 0.2) is 65.7 Å². The van der Waals surface area contributed by atoms with Crippen LogP contribution in [-0.2, 0) is 0 Å². The van der Waals surface area contributed by atoms with Crippen LogP contribution in [0.4, 0.5) is 5.69 Å².